The molecule has 0 spiro atoms. The second-order valence-electron chi connectivity index (χ2n) is 4.16. The van der Waals surface area contributed by atoms with Crippen LogP contribution in [0.2, 0.25) is 0 Å². The number of carbonyl (C=O) groups excluding carboxylic acids is 1. The van der Waals surface area contributed by atoms with Crippen LogP contribution in [0.25, 0.3) is 0 Å². The van der Waals surface area contributed by atoms with Crippen molar-refractivity contribution < 1.29 is 28.9 Å². The van der Waals surface area contributed by atoms with Gasteiger partial charge in [-0.15, -0.1) is 0 Å². The fourth-order valence-electron chi connectivity index (χ4n) is 1.70. The monoisotopic (exact) mass is 297 g/mol. The van der Waals surface area contributed by atoms with Crippen molar-refractivity contribution in [1.29, 1.82) is 0 Å². The minimum absolute atomic E-state index is 0.0517. The number of methoxy groups -OCH3 is 1. The fraction of sp³-hybridized carbons (Fsp3) is 0.429. The molecule has 1 aromatic rings. The van der Waals surface area contributed by atoms with Crippen molar-refractivity contribution in [2.45, 2.75) is 26.4 Å². The maximum atomic E-state index is 11.7. The number of nitrogens with two attached hydrogens (primary N) is 1. The minimum Gasteiger partial charge on any atom is -0.493 e. The molecule has 1 atom stereocenters. The summed E-state index contributed by atoms with van der Waals surface area (Å²) in [4.78, 5) is 22.8. The molecule has 0 radical (unpaired) electrons. The first kappa shape index (κ1) is 16.6. The number of hydrogen-bond donors (Lipinski definition) is 2. The van der Waals surface area contributed by atoms with E-state index in [1.54, 1.807) is 13.8 Å². The van der Waals surface area contributed by atoms with Gasteiger partial charge < -0.3 is 25.1 Å². The number of esters is 1. The van der Waals surface area contributed by atoms with Gasteiger partial charge in [-0.3, -0.25) is 0 Å². The number of anilines is 1. The van der Waals surface area contributed by atoms with Crippen LogP contribution >= 0.6 is 0 Å². The highest BCUT2D eigenvalue weighted by Crippen LogP contribution is 2.33. The number of carbonyl (C=O) groups is 2. The first-order valence-corrected chi connectivity index (χ1v) is 6.48. The lowest BCUT2D eigenvalue weighted by atomic mass is 10.1. The summed E-state index contributed by atoms with van der Waals surface area (Å²) in [5, 5.41) is 9.07. The number of aromatic carboxylic acids is 1. The first-order chi connectivity index (χ1) is 9.94. The van der Waals surface area contributed by atoms with Gasteiger partial charge in [0.25, 0.3) is 0 Å². The number of rotatable bonds is 7. The van der Waals surface area contributed by atoms with Gasteiger partial charge in [-0.2, -0.15) is 0 Å². The van der Waals surface area contributed by atoms with Crippen molar-refractivity contribution >= 4 is 17.6 Å². The Balaban J connectivity index is 3.12. The van der Waals surface area contributed by atoms with Gasteiger partial charge in [0.15, 0.2) is 17.6 Å². The normalized spacial score (nSPS) is 11.6. The van der Waals surface area contributed by atoms with Gasteiger partial charge in [0.05, 0.1) is 25.0 Å². The summed E-state index contributed by atoms with van der Waals surface area (Å²) in [7, 11) is 1.40. The molecule has 21 heavy (non-hydrogen) atoms. The SMILES string of the molecule is CCOC(=O)C(CC)Oc1cc(C(=O)O)c(N)cc1OC. The van der Waals surface area contributed by atoms with Gasteiger partial charge in [-0.1, -0.05) is 6.92 Å². The van der Waals surface area contributed by atoms with E-state index >= 15 is 0 Å². The molecule has 7 nitrogen and oxygen atoms in total. The summed E-state index contributed by atoms with van der Waals surface area (Å²) in [5.74, 6) is -1.33. The molecule has 0 aliphatic carbocycles. The lowest BCUT2D eigenvalue weighted by Crippen LogP contribution is -2.29. The Kier molecular flexibility index (Phi) is 5.83. The van der Waals surface area contributed by atoms with Gasteiger partial charge >= 0.3 is 11.9 Å². The van der Waals surface area contributed by atoms with Crippen LogP contribution < -0.4 is 15.2 Å². The van der Waals surface area contributed by atoms with Crippen molar-refractivity contribution in [1.82, 2.24) is 0 Å². The minimum atomic E-state index is -1.19. The second kappa shape index (κ2) is 7.37. The van der Waals surface area contributed by atoms with Gasteiger partial charge in [-0.25, -0.2) is 9.59 Å². The summed E-state index contributed by atoms with van der Waals surface area (Å²) < 4.78 is 15.5. The third-order valence-electron chi connectivity index (χ3n) is 2.76. The number of benzene rings is 1. The maximum Gasteiger partial charge on any atom is 0.347 e. The van der Waals surface area contributed by atoms with E-state index in [4.69, 9.17) is 25.1 Å². The van der Waals surface area contributed by atoms with Crippen LogP contribution in [-0.2, 0) is 9.53 Å². The van der Waals surface area contributed by atoms with Crippen molar-refractivity contribution in [3.05, 3.63) is 17.7 Å². The number of nitrogen functional groups attached to an aromatic ring is 1. The average molecular weight is 297 g/mol. The molecule has 0 bridgehead atoms. The zero-order valence-electron chi connectivity index (χ0n) is 12.2. The molecule has 0 aromatic heterocycles. The van der Waals surface area contributed by atoms with Crippen molar-refractivity contribution in [3.63, 3.8) is 0 Å². The summed E-state index contributed by atoms with van der Waals surface area (Å²) >= 11 is 0. The Bertz CT molecular complexity index is 528. The summed E-state index contributed by atoms with van der Waals surface area (Å²) in [5.41, 5.74) is 5.56. The van der Waals surface area contributed by atoms with Crippen LogP contribution in [-0.4, -0.2) is 36.9 Å². The van der Waals surface area contributed by atoms with Crippen molar-refractivity contribution in [2.75, 3.05) is 19.5 Å². The Hall–Kier alpha value is -2.44. The van der Waals surface area contributed by atoms with Crippen LogP contribution in [0.15, 0.2) is 12.1 Å². The lowest BCUT2D eigenvalue weighted by Gasteiger charge is -2.18. The van der Waals surface area contributed by atoms with Crippen LogP contribution in [0.4, 0.5) is 5.69 Å². The molecule has 1 aromatic carbocycles. The van der Waals surface area contributed by atoms with E-state index in [2.05, 4.69) is 0 Å². The van der Waals surface area contributed by atoms with E-state index in [1.165, 1.54) is 19.2 Å². The van der Waals surface area contributed by atoms with E-state index < -0.39 is 18.0 Å². The molecule has 116 valence electrons. The van der Waals surface area contributed by atoms with Crippen LogP contribution in [0.3, 0.4) is 0 Å². The largest absolute Gasteiger partial charge is 0.493 e. The van der Waals surface area contributed by atoms with E-state index in [9.17, 15) is 9.59 Å². The Labute approximate surface area is 122 Å². The van der Waals surface area contributed by atoms with Crippen LogP contribution in [0, 0.1) is 0 Å². The Morgan fingerprint density at radius 2 is 1.95 bits per heavy atom. The molecule has 3 N–H and O–H groups in total. The number of ether oxygens (including phenoxy) is 3. The smallest absolute Gasteiger partial charge is 0.347 e. The summed E-state index contributed by atoms with van der Waals surface area (Å²) in [6, 6.07) is 2.58. The molecule has 0 saturated heterocycles. The quantitative estimate of drug-likeness (QED) is 0.582. The van der Waals surface area contributed by atoms with E-state index in [1.807, 2.05) is 0 Å². The van der Waals surface area contributed by atoms with Crippen molar-refractivity contribution in [2.24, 2.45) is 0 Å². The average Bonchev–Trinajstić information content (AvgIpc) is 2.45. The zero-order valence-corrected chi connectivity index (χ0v) is 12.2. The van der Waals surface area contributed by atoms with Gasteiger partial charge in [0, 0.05) is 12.1 Å². The maximum absolute atomic E-state index is 11.7. The van der Waals surface area contributed by atoms with Crippen LogP contribution in [0.1, 0.15) is 30.6 Å². The van der Waals surface area contributed by atoms with E-state index in [-0.39, 0.29) is 29.4 Å². The molecule has 0 amide bonds. The Morgan fingerprint density at radius 1 is 1.29 bits per heavy atom. The highest BCUT2D eigenvalue weighted by Gasteiger charge is 2.23. The molecule has 1 unspecified atom stereocenters. The second-order valence-corrected chi connectivity index (χ2v) is 4.16. The molecule has 1 rings (SSSR count). The predicted molar refractivity (Wildman–Crippen MR) is 75.7 cm³/mol. The van der Waals surface area contributed by atoms with Gasteiger partial charge in [0.2, 0.25) is 0 Å². The number of carboxylic acids is 1. The first-order valence-electron chi connectivity index (χ1n) is 6.48. The topological polar surface area (TPSA) is 108 Å². The molecular weight excluding hydrogens is 278 g/mol. The molecule has 0 heterocycles. The van der Waals surface area contributed by atoms with E-state index in [0.29, 0.717) is 6.42 Å². The molecule has 0 fully saturated rings. The standard InChI is InChI=1S/C14H19NO6/c1-4-10(14(18)20-5-2)21-12-6-8(13(16)17)9(15)7-11(12)19-3/h6-7,10H,4-5,15H2,1-3H3,(H,16,17). The lowest BCUT2D eigenvalue weighted by molar-refractivity contribution is -0.151. The molecule has 0 aliphatic heterocycles. The molecule has 0 saturated carbocycles. The number of hydrogen-bond acceptors (Lipinski definition) is 6. The highest BCUT2D eigenvalue weighted by molar-refractivity contribution is 5.94. The fourth-order valence-corrected chi connectivity index (χ4v) is 1.70. The summed E-state index contributed by atoms with van der Waals surface area (Å²) in [6.07, 6.45) is -0.474. The van der Waals surface area contributed by atoms with Gasteiger partial charge in [-0.05, 0) is 13.3 Å². The Morgan fingerprint density at radius 3 is 2.43 bits per heavy atom. The molecule has 7 heteroatoms. The highest BCUT2D eigenvalue weighted by atomic mass is 16.6. The summed E-state index contributed by atoms with van der Waals surface area (Å²) in [6.45, 7) is 3.68. The third-order valence-corrected chi connectivity index (χ3v) is 2.76. The van der Waals surface area contributed by atoms with E-state index in [0.717, 1.165) is 0 Å². The van der Waals surface area contributed by atoms with Gasteiger partial charge in [0.1, 0.15) is 0 Å². The number of carboxylic acid groups (broad SMARTS) is 1. The molecular formula is C14H19NO6. The predicted octanol–water partition coefficient (Wildman–Crippen LogP) is 1.70. The van der Waals surface area contributed by atoms with Crippen LogP contribution in [0.5, 0.6) is 11.5 Å². The zero-order chi connectivity index (χ0) is 16.0. The van der Waals surface area contributed by atoms with Crippen molar-refractivity contribution in [3.8, 4) is 11.5 Å². The molecule has 0 aliphatic rings. The third kappa shape index (κ3) is 4.01.